The van der Waals surface area contributed by atoms with Crippen LogP contribution in [0.15, 0.2) is 28.6 Å². The van der Waals surface area contributed by atoms with Gasteiger partial charge in [0, 0.05) is 31.9 Å². The lowest BCUT2D eigenvalue weighted by molar-refractivity contribution is 0.268. The minimum absolute atomic E-state index is 0.158. The number of thiazole rings is 1. The van der Waals surface area contributed by atoms with E-state index in [9.17, 15) is 4.39 Å². The van der Waals surface area contributed by atoms with E-state index in [-0.39, 0.29) is 11.7 Å². The summed E-state index contributed by atoms with van der Waals surface area (Å²) < 4.78 is 15.9. The third-order valence-corrected chi connectivity index (χ3v) is 8.23. The fraction of sp³-hybridized carbons (Fsp3) is 0.474. The first-order valence-electron chi connectivity index (χ1n) is 8.83. The largest absolute Gasteiger partial charge is 0.379 e. The summed E-state index contributed by atoms with van der Waals surface area (Å²) in [5, 5.41) is 3.93. The maximum absolute atomic E-state index is 15.0. The fourth-order valence-electron chi connectivity index (χ4n) is 4.29. The first-order valence-corrected chi connectivity index (χ1v) is 11.8. The SMILES string of the molecule is Cc1csc([C@@H]2CCC[C@]3(c4ccc(I)cc4F)N=C(N)SC[C@@H]3C2)n1. The van der Waals surface area contributed by atoms with Crippen LogP contribution in [0.2, 0.25) is 0 Å². The van der Waals surface area contributed by atoms with Crippen molar-refractivity contribution in [3.8, 4) is 0 Å². The van der Waals surface area contributed by atoms with E-state index in [1.54, 1.807) is 29.2 Å². The normalized spacial score (nSPS) is 29.0. The van der Waals surface area contributed by atoms with Crippen LogP contribution in [0.3, 0.4) is 0 Å². The molecule has 26 heavy (non-hydrogen) atoms. The zero-order chi connectivity index (χ0) is 18.3. The quantitative estimate of drug-likeness (QED) is 0.559. The van der Waals surface area contributed by atoms with Crippen LogP contribution in [0.5, 0.6) is 0 Å². The second-order valence-corrected chi connectivity index (χ2v) is 10.3. The topological polar surface area (TPSA) is 51.3 Å². The molecule has 2 aromatic rings. The highest BCUT2D eigenvalue weighted by atomic mass is 127. The number of benzene rings is 1. The second-order valence-electron chi connectivity index (χ2n) is 7.16. The monoisotopic (exact) mass is 501 g/mol. The van der Waals surface area contributed by atoms with Gasteiger partial charge in [-0.2, -0.15) is 0 Å². The van der Waals surface area contributed by atoms with Crippen LogP contribution in [0.1, 0.15) is 47.9 Å². The zero-order valence-corrected chi connectivity index (χ0v) is 18.3. The number of nitrogens with two attached hydrogens (primary N) is 1. The molecule has 1 saturated carbocycles. The Kier molecular flexibility index (Phi) is 5.31. The summed E-state index contributed by atoms with van der Waals surface area (Å²) in [5.74, 6) is 1.43. The van der Waals surface area contributed by atoms with Gasteiger partial charge in [0.1, 0.15) is 5.82 Å². The molecule has 0 spiro atoms. The van der Waals surface area contributed by atoms with E-state index in [1.165, 1.54) is 5.01 Å². The molecule has 0 unspecified atom stereocenters. The third kappa shape index (κ3) is 3.42. The van der Waals surface area contributed by atoms with Crippen LogP contribution < -0.4 is 5.73 Å². The minimum atomic E-state index is -0.537. The van der Waals surface area contributed by atoms with Crippen molar-refractivity contribution < 1.29 is 4.39 Å². The molecule has 4 rings (SSSR count). The van der Waals surface area contributed by atoms with Crippen molar-refractivity contribution in [1.82, 2.24) is 4.98 Å². The van der Waals surface area contributed by atoms with Crippen LogP contribution in [-0.2, 0) is 5.54 Å². The van der Waals surface area contributed by atoms with E-state index >= 15 is 0 Å². The predicted molar refractivity (Wildman–Crippen MR) is 116 cm³/mol. The Bertz CT molecular complexity index is 853. The molecule has 1 fully saturated rings. The van der Waals surface area contributed by atoms with E-state index in [0.29, 0.717) is 16.6 Å². The number of aliphatic imine (C=N–C) groups is 1. The smallest absolute Gasteiger partial charge is 0.154 e. The fourth-order valence-corrected chi connectivity index (χ4v) is 6.70. The summed E-state index contributed by atoms with van der Waals surface area (Å²) >= 11 is 5.51. The second kappa shape index (κ2) is 7.39. The summed E-state index contributed by atoms with van der Waals surface area (Å²) in [6.45, 7) is 2.05. The lowest BCUT2D eigenvalue weighted by Crippen LogP contribution is -2.40. The van der Waals surface area contributed by atoms with Gasteiger partial charge in [0.2, 0.25) is 0 Å². The maximum atomic E-state index is 15.0. The Labute approximate surface area is 175 Å². The van der Waals surface area contributed by atoms with E-state index in [4.69, 9.17) is 15.7 Å². The number of aryl methyl sites for hydroxylation is 1. The Balaban J connectivity index is 1.76. The molecule has 3 nitrogen and oxygen atoms in total. The molecule has 1 aliphatic carbocycles. The maximum Gasteiger partial charge on any atom is 0.154 e. The number of hydrogen-bond donors (Lipinski definition) is 1. The molecule has 2 aliphatic rings. The number of nitrogens with zero attached hydrogens (tertiary/aromatic N) is 2. The molecule has 7 heteroatoms. The highest BCUT2D eigenvalue weighted by Gasteiger charge is 2.47. The molecule has 2 N–H and O–H groups in total. The Morgan fingerprint density at radius 3 is 2.96 bits per heavy atom. The molecule has 0 saturated heterocycles. The van der Waals surface area contributed by atoms with E-state index in [0.717, 1.165) is 40.7 Å². The summed E-state index contributed by atoms with van der Waals surface area (Å²) in [6, 6.07) is 5.51. The minimum Gasteiger partial charge on any atom is -0.379 e. The van der Waals surface area contributed by atoms with Crippen molar-refractivity contribution in [2.45, 2.75) is 44.1 Å². The number of rotatable bonds is 2. The standard InChI is InChI=1S/C19H21FIN3S2/c1-11-9-25-17(23-11)12-3-2-6-19(13(7-12)10-26-18(22)24-19)15-5-4-14(21)8-16(15)20/h4-5,8-9,12-13H,2-3,6-7,10H2,1H3,(H2,22,24)/t12-,13+,19+/m1/s1. The summed E-state index contributed by atoms with van der Waals surface area (Å²) in [6.07, 6.45) is 3.92. The average Bonchev–Trinajstić information content (AvgIpc) is 2.92. The highest BCUT2D eigenvalue weighted by molar-refractivity contribution is 14.1. The molecule has 3 atom stereocenters. The van der Waals surface area contributed by atoms with Gasteiger partial charge in [-0.1, -0.05) is 17.8 Å². The molecule has 0 bridgehead atoms. The molecular formula is C19H21FIN3S2. The van der Waals surface area contributed by atoms with Crippen molar-refractivity contribution in [2.24, 2.45) is 16.6 Å². The first kappa shape index (κ1) is 18.7. The zero-order valence-electron chi connectivity index (χ0n) is 14.5. The average molecular weight is 501 g/mol. The van der Waals surface area contributed by atoms with Crippen LogP contribution in [0, 0.1) is 22.2 Å². The number of amidine groups is 1. The molecule has 1 aromatic carbocycles. The molecule has 0 amide bonds. The summed E-state index contributed by atoms with van der Waals surface area (Å²) in [5.41, 5.74) is 7.38. The van der Waals surface area contributed by atoms with E-state index in [1.807, 2.05) is 19.1 Å². The van der Waals surface area contributed by atoms with Gasteiger partial charge in [0.15, 0.2) is 5.17 Å². The van der Waals surface area contributed by atoms with Gasteiger partial charge >= 0.3 is 0 Å². The van der Waals surface area contributed by atoms with Gasteiger partial charge in [-0.15, -0.1) is 11.3 Å². The number of thioether (sulfide) groups is 1. The molecule has 2 heterocycles. The predicted octanol–water partition coefficient (Wildman–Crippen LogP) is 5.43. The van der Waals surface area contributed by atoms with Gasteiger partial charge in [-0.05, 0) is 73.2 Å². The molecule has 0 radical (unpaired) electrons. The van der Waals surface area contributed by atoms with E-state index < -0.39 is 5.54 Å². The van der Waals surface area contributed by atoms with E-state index in [2.05, 4.69) is 28.0 Å². The van der Waals surface area contributed by atoms with Crippen LogP contribution in [-0.4, -0.2) is 15.9 Å². The molecule has 1 aliphatic heterocycles. The van der Waals surface area contributed by atoms with Crippen molar-refractivity contribution in [3.63, 3.8) is 0 Å². The molecular weight excluding hydrogens is 480 g/mol. The van der Waals surface area contributed by atoms with Crippen LogP contribution in [0.25, 0.3) is 0 Å². The van der Waals surface area contributed by atoms with Crippen molar-refractivity contribution in [2.75, 3.05) is 5.75 Å². The first-order chi connectivity index (χ1) is 12.5. The number of halogens is 2. The van der Waals surface area contributed by atoms with Gasteiger partial charge in [-0.3, -0.25) is 4.99 Å². The Morgan fingerprint density at radius 1 is 1.38 bits per heavy atom. The highest BCUT2D eigenvalue weighted by Crippen LogP contribution is 2.51. The van der Waals surface area contributed by atoms with Crippen molar-refractivity contribution in [1.29, 1.82) is 0 Å². The Hall–Kier alpha value is -0.670. The van der Waals surface area contributed by atoms with Crippen LogP contribution >= 0.6 is 45.7 Å². The summed E-state index contributed by atoms with van der Waals surface area (Å²) in [7, 11) is 0. The number of fused-ring (bicyclic) bond motifs is 1. The van der Waals surface area contributed by atoms with Crippen LogP contribution in [0.4, 0.5) is 4.39 Å². The lowest BCUT2D eigenvalue weighted by Gasteiger charge is -2.40. The molecule has 138 valence electrons. The van der Waals surface area contributed by atoms with Gasteiger partial charge in [-0.25, -0.2) is 9.37 Å². The number of aromatic nitrogens is 1. The van der Waals surface area contributed by atoms with Crippen molar-refractivity contribution in [3.05, 3.63) is 49.2 Å². The molecule has 1 aromatic heterocycles. The Morgan fingerprint density at radius 2 is 2.23 bits per heavy atom. The van der Waals surface area contributed by atoms with Gasteiger partial charge in [0.05, 0.1) is 10.5 Å². The van der Waals surface area contributed by atoms with Crippen molar-refractivity contribution >= 4 is 50.9 Å². The van der Waals surface area contributed by atoms with Gasteiger partial charge in [0.25, 0.3) is 0 Å². The lowest BCUT2D eigenvalue weighted by atomic mass is 9.75. The summed E-state index contributed by atoms with van der Waals surface area (Å²) in [4.78, 5) is 9.62. The third-order valence-electron chi connectivity index (χ3n) is 5.48. The number of hydrogen-bond acceptors (Lipinski definition) is 5. The van der Waals surface area contributed by atoms with Gasteiger partial charge < -0.3 is 5.73 Å².